The van der Waals surface area contributed by atoms with Crippen LogP contribution < -0.4 is 15.2 Å². The zero-order valence-electron chi connectivity index (χ0n) is 33.3. The predicted octanol–water partition coefficient (Wildman–Crippen LogP) is 7.34. The van der Waals surface area contributed by atoms with Crippen LogP contribution in [0.2, 0.25) is 0 Å². The second-order valence-corrected chi connectivity index (χ2v) is 17.1. The van der Waals surface area contributed by atoms with Crippen molar-refractivity contribution in [3.8, 4) is 22.3 Å². The Morgan fingerprint density at radius 1 is 1.02 bits per heavy atom. The van der Waals surface area contributed by atoms with Crippen LogP contribution in [0.3, 0.4) is 0 Å². The van der Waals surface area contributed by atoms with Crippen molar-refractivity contribution in [3.05, 3.63) is 69.4 Å². The van der Waals surface area contributed by atoms with Gasteiger partial charge in [0.05, 0.1) is 29.1 Å². The number of nitrogens with zero attached hydrogens (tertiary/aromatic N) is 5. The molecule has 0 N–H and O–H groups in total. The third-order valence-electron chi connectivity index (χ3n) is 10.8. The molecule has 2 fully saturated rings. The van der Waals surface area contributed by atoms with Crippen molar-refractivity contribution in [1.29, 1.82) is 0 Å². The van der Waals surface area contributed by atoms with Crippen LogP contribution in [0.25, 0.3) is 33.3 Å². The van der Waals surface area contributed by atoms with Crippen LogP contribution in [0.4, 0.5) is 25.0 Å². The molecule has 3 aromatic heterocycles. The van der Waals surface area contributed by atoms with E-state index in [4.69, 9.17) is 19.2 Å². The van der Waals surface area contributed by atoms with Gasteiger partial charge in [0, 0.05) is 86.9 Å². The zero-order chi connectivity index (χ0) is 40.6. The minimum Gasteiger partial charge on any atom is -0.462 e. The topological polar surface area (TPSA) is 133 Å². The first kappa shape index (κ1) is 38.9. The lowest BCUT2D eigenvalue weighted by Crippen LogP contribution is -2.34. The van der Waals surface area contributed by atoms with Gasteiger partial charge in [-0.1, -0.05) is 0 Å². The minimum absolute atomic E-state index is 0.00827. The van der Waals surface area contributed by atoms with Crippen molar-refractivity contribution >= 4 is 40.4 Å². The van der Waals surface area contributed by atoms with E-state index in [-0.39, 0.29) is 59.0 Å². The van der Waals surface area contributed by atoms with Gasteiger partial charge >= 0.3 is 18.0 Å². The van der Waals surface area contributed by atoms with Crippen LogP contribution in [-0.4, -0.2) is 70.5 Å². The average molecular weight is 772 g/mol. The van der Waals surface area contributed by atoms with Crippen LogP contribution in [0.15, 0.2) is 35.5 Å². The van der Waals surface area contributed by atoms with Crippen LogP contribution in [0.5, 0.6) is 0 Å². The van der Waals surface area contributed by atoms with Gasteiger partial charge in [0.25, 0.3) is 0 Å². The van der Waals surface area contributed by atoms with Crippen LogP contribution >= 0.6 is 0 Å². The first-order valence-corrected chi connectivity index (χ1v) is 18.9. The van der Waals surface area contributed by atoms with Crippen molar-refractivity contribution in [3.63, 3.8) is 0 Å². The van der Waals surface area contributed by atoms with Crippen molar-refractivity contribution in [2.24, 2.45) is 18.4 Å². The first-order chi connectivity index (χ1) is 26.2. The fraction of sp³-hybridized carbons (Fsp3) is 0.476. The number of esters is 2. The fourth-order valence-electron chi connectivity index (χ4n) is 8.22. The Labute approximate surface area is 323 Å². The van der Waals surface area contributed by atoms with Gasteiger partial charge in [-0.2, -0.15) is 0 Å². The summed E-state index contributed by atoms with van der Waals surface area (Å²) in [6, 6.07) is 2.64. The van der Waals surface area contributed by atoms with Gasteiger partial charge in [-0.15, -0.1) is 0 Å². The maximum Gasteiger partial charge on any atom is 0.414 e. The van der Waals surface area contributed by atoms with Crippen molar-refractivity contribution in [1.82, 2.24) is 14.5 Å². The van der Waals surface area contributed by atoms with Crippen molar-refractivity contribution in [2.45, 2.75) is 85.4 Å². The Kier molecular flexibility index (Phi) is 9.48. The van der Waals surface area contributed by atoms with Crippen LogP contribution in [-0.2, 0) is 32.5 Å². The highest BCUT2D eigenvalue weighted by Gasteiger charge is 2.58. The Hall–Kier alpha value is -5.40. The number of anilines is 2. The molecule has 1 saturated heterocycles. The summed E-state index contributed by atoms with van der Waals surface area (Å²) in [5.41, 5.74) is 0.940. The maximum atomic E-state index is 16.4. The molecule has 2 unspecified atom stereocenters. The molecule has 56 heavy (non-hydrogen) atoms. The molecule has 4 heterocycles. The lowest BCUT2D eigenvalue weighted by Gasteiger charge is -2.27. The molecule has 1 aliphatic heterocycles. The lowest BCUT2D eigenvalue weighted by atomic mass is 9.96. The molecule has 7 rings (SSSR count). The summed E-state index contributed by atoms with van der Waals surface area (Å²) in [5.74, 6) is -3.15. The van der Waals surface area contributed by atoms with Gasteiger partial charge in [-0.05, 0) is 84.3 Å². The molecule has 296 valence electrons. The number of carbonyl (C=O) groups is 3. The fourth-order valence-corrected chi connectivity index (χ4v) is 8.22. The molecule has 0 bridgehead atoms. The number of carbonyl (C=O) groups excluding carboxylic acids is 3. The summed E-state index contributed by atoms with van der Waals surface area (Å²) in [7, 11) is 3.13. The summed E-state index contributed by atoms with van der Waals surface area (Å²) in [5, 5.41) is 0.165. The number of aromatic nitrogens is 3. The number of hydrogen-bond donors (Lipinski definition) is 0. The number of aryl methyl sites for hydroxylation is 1. The monoisotopic (exact) mass is 771 g/mol. The molecular formula is C42H47F2N5O7. The van der Waals surface area contributed by atoms with E-state index in [1.54, 1.807) is 57.8 Å². The molecule has 2 aliphatic carbocycles. The van der Waals surface area contributed by atoms with Crippen molar-refractivity contribution in [2.75, 3.05) is 36.5 Å². The maximum absolute atomic E-state index is 16.4. The third kappa shape index (κ3) is 6.98. The van der Waals surface area contributed by atoms with E-state index in [0.29, 0.717) is 52.4 Å². The highest BCUT2D eigenvalue weighted by molar-refractivity contribution is 6.00. The van der Waals surface area contributed by atoms with E-state index in [2.05, 4.69) is 9.88 Å². The highest BCUT2D eigenvalue weighted by Crippen LogP contribution is 2.62. The molecule has 12 nitrogen and oxygen atoms in total. The number of hydrogen-bond acceptors (Lipinski definition) is 10. The van der Waals surface area contributed by atoms with E-state index < -0.39 is 40.3 Å². The molecule has 1 spiro atoms. The molecule has 2 atom stereocenters. The summed E-state index contributed by atoms with van der Waals surface area (Å²) >= 11 is 0. The van der Waals surface area contributed by atoms with E-state index in [1.807, 2.05) is 20.8 Å². The molecule has 14 heteroatoms. The van der Waals surface area contributed by atoms with E-state index >= 15 is 8.78 Å². The quantitative estimate of drug-likeness (QED) is 0.122. The Balaban J connectivity index is 1.39. The zero-order valence-corrected chi connectivity index (χ0v) is 33.3. The van der Waals surface area contributed by atoms with Gasteiger partial charge in [-0.3, -0.25) is 19.5 Å². The standard InChI is InChI=1S/C42H47F2N5O7/c1-10-54-38(52)27-20-47(8)37-25(36(27)51)13-22(18-46-37)26-19-45-29-15-24-30(48(9)39(53)56-41(5,6)7)16-28(43)34(44)32(24)33(29)35(26)49-12-11-42(21-49)17-23(42)14-31(50)55-40(2,3)4/h13,16,18-20,23H,10-12,14-15,17,21H2,1-9H3. The Morgan fingerprint density at radius 3 is 2.41 bits per heavy atom. The van der Waals surface area contributed by atoms with Gasteiger partial charge in [-0.25, -0.2) is 23.4 Å². The number of halogens is 2. The van der Waals surface area contributed by atoms with Gasteiger partial charge < -0.3 is 23.7 Å². The molecule has 0 radical (unpaired) electrons. The number of pyridine rings is 3. The largest absolute Gasteiger partial charge is 0.462 e. The summed E-state index contributed by atoms with van der Waals surface area (Å²) < 4.78 is 50.1. The molecule has 1 amide bonds. The lowest BCUT2D eigenvalue weighted by molar-refractivity contribution is -0.155. The van der Waals surface area contributed by atoms with Gasteiger partial charge in [0.2, 0.25) is 5.43 Å². The van der Waals surface area contributed by atoms with Crippen molar-refractivity contribution < 1.29 is 37.4 Å². The van der Waals surface area contributed by atoms with Crippen LogP contribution in [0.1, 0.15) is 89.3 Å². The number of amides is 1. The second kappa shape index (κ2) is 13.7. The Bertz CT molecular complexity index is 2380. The Morgan fingerprint density at radius 2 is 1.73 bits per heavy atom. The summed E-state index contributed by atoms with van der Waals surface area (Å²) in [6.45, 7) is 13.5. The predicted molar refractivity (Wildman–Crippen MR) is 207 cm³/mol. The first-order valence-electron chi connectivity index (χ1n) is 18.9. The number of fused-ring (bicyclic) bond motifs is 4. The molecule has 3 aliphatic rings. The van der Waals surface area contributed by atoms with Gasteiger partial charge in [0.15, 0.2) is 11.6 Å². The SMILES string of the molecule is CCOC(=O)c1cn(C)c2ncc(-c3cnc4c(c3N3CCC5(CC5CC(=O)OC(C)(C)C)C3)-c3c(F)c(F)cc(N(C)C(=O)OC(C)(C)C)c3C4)cc2c1=O. The number of benzene rings is 1. The molecular weight excluding hydrogens is 724 g/mol. The van der Waals surface area contributed by atoms with Crippen LogP contribution in [0, 0.1) is 23.0 Å². The number of rotatable bonds is 7. The third-order valence-corrected chi connectivity index (χ3v) is 10.8. The minimum atomic E-state index is -1.14. The summed E-state index contributed by atoms with van der Waals surface area (Å²) in [6.07, 6.45) is 5.84. The highest BCUT2D eigenvalue weighted by atomic mass is 19.2. The molecule has 4 aromatic rings. The molecule has 1 aromatic carbocycles. The smallest absolute Gasteiger partial charge is 0.414 e. The van der Waals surface area contributed by atoms with Gasteiger partial charge in [0.1, 0.15) is 22.4 Å². The van der Waals surface area contributed by atoms with E-state index in [0.717, 1.165) is 18.9 Å². The number of ether oxygens (including phenoxy) is 3. The molecule has 1 saturated carbocycles. The second-order valence-electron chi connectivity index (χ2n) is 17.1. The van der Waals surface area contributed by atoms with E-state index in [9.17, 15) is 19.2 Å². The average Bonchev–Trinajstić information content (AvgIpc) is 3.39. The summed E-state index contributed by atoms with van der Waals surface area (Å²) in [4.78, 5) is 65.3. The normalized spacial score (nSPS) is 18.6. The van der Waals surface area contributed by atoms with E-state index in [1.165, 1.54) is 18.1 Å².